The molecule has 0 fully saturated rings. The third kappa shape index (κ3) is 2.21. The molecule has 0 unspecified atom stereocenters. The Morgan fingerprint density at radius 3 is 2.93 bits per heavy atom. The molecule has 3 nitrogen and oxygen atoms in total. The molecule has 0 radical (unpaired) electrons. The molecule has 0 aliphatic carbocycles. The zero-order valence-corrected chi connectivity index (χ0v) is 8.61. The lowest BCUT2D eigenvalue weighted by Crippen LogP contribution is -1.82. The minimum Gasteiger partial charge on any atom is -0.374 e. The summed E-state index contributed by atoms with van der Waals surface area (Å²) in [5.74, 6) is -0.266. The van der Waals surface area contributed by atoms with Gasteiger partial charge in [-0.2, -0.15) is 9.36 Å². The smallest absolute Gasteiger partial charge is 0.206 e. The van der Waals surface area contributed by atoms with E-state index in [1.807, 2.05) is 0 Å². The zero-order valence-electron chi connectivity index (χ0n) is 6.98. The van der Waals surface area contributed by atoms with E-state index in [4.69, 9.17) is 5.73 Å². The van der Waals surface area contributed by atoms with Gasteiger partial charge >= 0.3 is 0 Å². The third-order valence-electron chi connectivity index (χ3n) is 1.43. The van der Waals surface area contributed by atoms with Gasteiger partial charge in [-0.3, -0.25) is 0 Å². The average Bonchev–Trinajstić information content (AvgIpc) is 2.51. The van der Waals surface area contributed by atoms with Crippen molar-refractivity contribution in [3.05, 3.63) is 30.1 Å². The van der Waals surface area contributed by atoms with Crippen LogP contribution in [-0.2, 0) is 0 Å². The summed E-state index contributed by atoms with van der Waals surface area (Å²) in [6.45, 7) is 0. The lowest BCUT2D eigenvalue weighted by Gasteiger charge is -1.95. The molecule has 2 aromatic rings. The number of aromatic nitrogens is 2. The second-order valence-electron chi connectivity index (χ2n) is 2.47. The maximum Gasteiger partial charge on any atom is 0.206 e. The highest BCUT2D eigenvalue weighted by molar-refractivity contribution is 7.99. The van der Waals surface area contributed by atoms with Crippen molar-refractivity contribution in [3.8, 4) is 0 Å². The fraction of sp³-hybridized carbons (Fsp3) is 0. The standard InChI is InChI=1S/C8H6FN3S2/c9-5-2-1-3-6(4-5)13-8-11-7(10)14-12-8/h1-4H,(H2,10,11,12). The molecule has 2 N–H and O–H groups in total. The summed E-state index contributed by atoms with van der Waals surface area (Å²) in [5.41, 5.74) is 5.42. The van der Waals surface area contributed by atoms with Crippen LogP contribution in [0.15, 0.2) is 34.3 Å². The fourth-order valence-corrected chi connectivity index (χ4v) is 2.23. The Bertz CT molecular complexity index is 444. The van der Waals surface area contributed by atoms with Crippen molar-refractivity contribution in [2.24, 2.45) is 0 Å². The van der Waals surface area contributed by atoms with E-state index in [1.165, 1.54) is 23.9 Å². The topological polar surface area (TPSA) is 51.8 Å². The Morgan fingerprint density at radius 1 is 1.43 bits per heavy atom. The van der Waals surface area contributed by atoms with Crippen molar-refractivity contribution in [1.29, 1.82) is 0 Å². The molecule has 1 heterocycles. The maximum atomic E-state index is 12.8. The van der Waals surface area contributed by atoms with Crippen LogP contribution >= 0.6 is 23.3 Å². The maximum absolute atomic E-state index is 12.8. The van der Waals surface area contributed by atoms with Gasteiger partial charge in [0.25, 0.3) is 0 Å². The van der Waals surface area contributed by atoms with E-state index in [9.17, 15) is 4.39 Å². The van der Waals surface area contributed by atoms with E-state index in [0.29, 0.717) is 10.3 Å². The number of hydrogen-bond donors (Lipinski definition) is 1. The summed E-state index contributed by atoms with van der Waals surface area (Å²) in [5, 5.41) is 0.974. The Hall–Kier alpha value is -1.14. The van der Waals surface area contributed by atoms with Crippen LogP contribution in [0.4, 0.5) is 9.52 Å². The number of rotatable bonds is 2. The monoisotopic (exact) mass is 227 g/mol. The first kappa shape index (κ1) is 9.42. The van der Waals surface area contributed by atoms with Crippen molar-refractivity contribution in [1.82, 2.24) is 9.36 Å². The van der Waals surface area contributed by atoms with Gasteiger partial charge in [-0.15, -0.1) is 0 Å². The number of hydrogen-bond acceptors (Lipinski definition) is 5. The van der Waals surface area contributed by atoms with E-state index in [-0.39, 0.29) is 5.82 Å². The molecule has 72 valence electrons. The quantitative estimate of drug-likeness (QED) is 0.856. The van der Waals surface area contributed by atoms with E-state index >= 15 is 0 Å². The molecule has 2 rings (SSSR count). The van der Waals surface area contributed by atoms with Gasteiger partial charge in [0.1, 0.15) is 5.82 Å². The largest absolute Gasteiger partial charge is 0.374 e. The number of halogens is 1. The third-order valence-corrected chi connectivity index (χ3v) is 2.94. The summed E-state index contributed by atoms with van der Waals surface area (Å²) in [6, 6.07) is 6.27. The van der Waals surface area contributed by atoms with Crippen molar-refractivity contribution in [2.45, 2.75) is 10.1 Å². The van der Waals surface area contributed by atoms with Crippen LogP contribution in [0.2, 0.25) is 0 Å². The van der Waals surface area contributed by atoms with Crippen molar-refractivity contribution in [2.75, 3.05) is 5.73 Å². The van der Waals surface area contributed by atoms with Gasteiger partial charge in [-0.1, -0.05) is 6.07 Å². The Balaban J connectivity index is 2.18. The fourth-order valence-electron chi connectivity index (χ4n) is 0.898. The molecular weight excluding hydrogens is 221 g/mol. The summed E-state index contributed by atoms with van der Waals surface area (Å²) < 4.78 is 16.8. The van der Waals surface area contributed by atoms with E-state index in [0.717, 1.165) is 16.4 Å². The normalized spacial score (nSPS) is 10.4. The second kappa shape index (κ2) is 3.93. The van der Waals surface area contributed by atoms with Gasteiger partial charge in [0.15, 0.2) is 0 Å². The van der Waals surface area contributed by atoms with Crippen molar-refractivity contribution >= 4 is 28.4 Å². The molecule has 0 aliphatic rings. The van der Waals surface area contributed by atoms with Crippen LogP contribution in [0, 0.1) is 5.82 Å². The SMILES string of the molecule is Nc1nc(Sc2cccc(F)c2)ns1. The minimum absolute atomic E-state index is 0.266. The molecule has 0 saturated carbocycles. The first-order valence-corrected chi connectivity index (χ1v) is 5.35. The van der Waals surface area contributed by atoms with E-state index in [1.54, 1.807) is 12.1 Å². The van der Waals surface area contributed by atoms with E-state index < -0.39 is 0 Å². The highest BCUT2D eigenvalue weighted by Gasteiger charge is 2.03. The van der Waals surface area contributed by atoms with Crippen LogP contribution < -0.4 is 5.73 Å². The van der Waals surface area contributed by atoms with Crippen LogP contribution in [-0.4, -0.2) is 9.36 Å². The Labute approximate surface area is 88.3 Å². The highest BCUT2D eigenvalue weighted by atomic mass is 32.2. The minimum atomic E-state index is -0.266. The van der Waals surface area contributed by atoms with Crippen LogP contribution in [0.5, 0.6) is 0 Å². The van der Waals surface area contributed by atoms with Crippen LogP contribution in [0.25, 0.3) is 0 Å². The van der Waals surface area contributed by atoms with Crippen molar-refractivity contribution < 1.29 is 4.39 Å². The van der Waals surface area contributed by atoms with Gasteiger partial charge in [-0.05, 0) is 30.0 Å². The Kier molecular flexibility index (Phi) is 2.64. The molecule has 0 atom stereocenters. The first-order chi connectivity index (χ1) is 6.74. The van der Waals surface area contributed by atoms with Gasteiger partial charge in [0, 0.05) is 16.4 Å². The van der Waals surface area contributed by atoms with Crippen LogP contribution in [0.1, 0.15) is 0 Å². The van der Waals surface area contributed by atoms with Gasteiger partial charge in [0.05, 0.1) is 0 Å². The summed E-state index contributed by atoms with van der Waals surface area (Å²) in [7, 11) is 0. The number of nitrogens with two attached hydrogens (primary N) is 1. The predicted molar refractivity (Wildman–Crippen MR) is 54.8 cm³/mol. The number of nitrogens with zero attached hydrogens (tertiary/aromatic N) is 2. The number of nitrogen functional groups attached to an aromatic ring is 1. The highest BCUT2D eigenvalue weighted by Crippen LogP contribution is 2.26. The lowest BCUT2D eigenvalue weighted by atomic mass is 10.4. The Morgan fingerprint density at radius 2 is 2.29 bits per heavy atom. The first-order valence-electron chi connectivity index (χ1n) is 3.76. The second-order valence-corrected chi connectivity index (χ2v) is 4.30. The molecule has 0 spiro atoms. The molecule has 14 heavy (non-hydrogen) atoms. The molecular formula is C8H6FN3S2. The molecule has 1 aromatic heterocycles. The molecule has 0 saturated heterocycles. The molecule has 1 aromatic carbocycles. The van der Waals surface area contributed by atoms with Gasteiger partial charge in [0.2, 0.25) is 10.3 Å². The zero-order chi connectivity index (χ0) is 9.97. The van der Waals surface area contributed by atoms with Crippen molar-refractivity contribution in [3.63, 3.8) is 0 Å². The predicted octanol–water partition coefficient (Wildman–Crippen LogP) is 2.41. The molecule has 0 aliphatic heterocycles. The summed E-state index contributed by atoms with van der Waals surface area (Å²) in [4.78, 5) is 4.73. The van der Waals surface area contributed by atoms with Gasteiger partial charge in [-0.25, -0.2) is 4.39 Å². The van der Waals surface area contributed by atoms with Crippen LogP contribution in [0.3, 0.4) is 0 Å². The average molecular weight is 227 g/mol. The summed E-state index contributed by atoms with van der Waals surface area (Å²) in [6.07, 6.45) is 0. The molecule has 6 heteroatoms. The molecule has 0 amide bonds. The van der Waals surface area contributed by atoms with E-state index in [2.05, 4.69) is 9.36 Å². The number of benzene rings is 1. The van der Waals surface area contributed by atoms with Gasteiger partial charge < -0.3 is 5.73 Å². The summed E-state index contributed by atoms with van der Waals surface area (Å²) >= 11 is 2.42. The number of anilines is 1. The lowest BCUT2D eigenvalue weighted by molar-refractivity contribution is 0.624. The molecule has 0 bridgehead atoms.